The van der Waals surface area contributed by atoms with Gasteiger partial charge < -0.3 is 4.90 Å². The van der Waals surface area contributed by atoms with E-state index in [2.05, 4.69) is 18.7 Å². The lowest BCUT2D eigenvalue weighted by Crippen LogP contribution is -2.48. The topological polar surface area (TPSA) is 23.6 Å². The van der Waals surface area contributed by atoms with Gasteiger partial charge in [-0.1, -0.05) is 26.0 Å². The molecule has 1 saturated heterocycles. The van der Waals surface area contributed by atoms with Crippen LogP contribution in [0.2, 0.25) is 0 Å². The zero-order chi connectivity index (χ0) is 14.5. The van der Waals surface area contributed by atoms with Gasteiger partial charge in [0.1, 0.15) is 5.82 Å². The molecule has 0 bridgehead atoms. The minimum Gasteiger partial charge on any atom is -0.340 e. The Hall–Kier alpha value is -1.42. The molecule has 0 aromatic heterocycles. The molecule has 4 heteroatoms. The number of hydrogen-bond acceptors (Lipinski definition) is 2. The van der Waals surface area contributed by atoms with Gasteiger partial charge in [-0.3, -0.25) is 9.69 Å². The van der Waals surface area contributed by atoms with Crippen LogP contribution in [0.25, 0.3) is 0 Å². The molecule has 0 unspecified atom stereocenters. The van der Waals surface area contributed by atoms with Crippen molar-refractivity contribution in [1.29, 1.82) is 0 Å². The third-order valence-corrected chi connectivity index (χ3v) is 3.63. The highest BCUT2D eigenvalue weighted by molar-refractivity contribution is 5.76. The molecule has 1 aliphatic rings. The number of carbonyl (C=O) groups excluding carboxylic acids is 1. The Bertz CT molecular complexity index is 436. The van der Waals surface area contributed by atoms with Crippen LogP contribution < -0.4 is 0 Å². The van der Waals surface area contributed by atoms with Crippen molar-refractivity contribution in [3.05, 3.63) is 35.6 Å². The first-order valence-corrected chi connectivity index (χ1v) is 7.29. The van der Waals surface area contributed by atoms with Crippen LogP contribution in [0.15, 0.2) is 24.3 Å². The Morgan fingerprint density at radius 3 is 2.30 bits per heavy atom. The fourth-order valence-electron chi connectivity index (χ4n) is 2.48. The molecule has 0 spiro atoms. The molecule has 110 valence electrons. The lowest BCUT2D eigenvalue weighted by molar-refractivity contribution is -0.133. The van der Waals surface area contributed by atoms with Gasteiger partial charge in [0.2, 0.25) is 5.91 Å². The van der Waals surface area contributed by atoms with Crippen molar-refractivity contribution in [1.82, 2.24) is 9.80 Å². The third kappa shape index (κ3) is 4.30. The van der Waals surface area contributed by atoms with E-state index in [-0.39, 0.29) is 11.7 Å². The van der Waals surface area contributed by atoms with Crippen molar-refractivity contribution in [3.63, 3.8) is 0 Å². The summed E-state index contributed by atoms with van der Waals surface area (Å²) in [5, 5.41) is 0. The van der Waals surface area contributed by atoms with Gasteiger partial charge >= 0.3 is 0 Å². The molecule has 0 radical (unpaired) electrons. The molecule has 1 amide bonds. The molecule has 1 aromatic rings. The summed E-state index contributed by atoms with van der Waals surface area (Å²) in [5.41, 5.74) is 1.12. The van der Waals surface area contributed by atoms with Crippen LogP contribution in [0.1, 0.15) is 25.8 Å². The summed E-state index contributed by atoms with van der Waals surface area (Å²) in [4.78, 5) is 16.2. The zero-order valence-electron chi connectivity index (χ0n) is 12.3. The minimum absolute atomic E-state index is 0.196. The van der Waals surface area contributed by atoms with Crippen LogP contribution in [0, 0.1) is 11.7 Å². The number of piperazine rings is 1. The highest BCUT2D eigenvalue weighted by atomic mass is 19.1. The first kappa shape index (κ1) is 15.0. The smallest absolute Gasteiger partial charge is 0.222 e. The van der Waals surface area contributed by atoms with Gasteiger partial charge in [-0.2, -0.15) is 0 Å². The highest BCUT2D eigenvalue weighted by Gasteiger charge is 2.21. The van der Waals surface area contributed by atoms with E-state index in [0.717, 1.165) is 38.3 Å². The van der Waals surface area contributed by atoms with Gasteiger partial charge in [0.25, 0.3) is 0 Å². The number of halogens is 1. The Morgan fingerprint density at radius 2 is 1.75 bits per heavy atom. The number of amides is 1. The predicted octanol–water partition coefficient (Wildman–Crippen LogP) is 2.52. The molecule has 2 rings (SSSR count). The maximum atomic E-state index is 12.9. The molecular weight excluding hydrogens is 255 g/mol. The molecular formula is C16H23FN2O. The van der Waals surface area contributed by atoms with Crippen LogP contribution in [0.4, 0.5) is 4.39 Å². The average Bonchev–Trinajstić information content (AvgIpc) is 2.41. The number of rotatable bonds is 4. The van der Waals surface area contributed by atoms with Gasteiger partial charge in [0.05, 0.1) is 0 Å². The summed E-state index contributed by atoms with van der Waals surface area (Å²) in [5.74, 6) is 0.485. The summed E-state index contributed by atoms with van der Waals surface area (Å²) in [6, 6.07) is 6.65. The second kappa shape index (κ2) is 6.84. The van der Waals surface area contributed by atoms with Gasteiger partial charge in [0.15, 0.2) is 0 Å². The molecule has 1 fully saturated rings. The van der Waals surface area contributed by atoms with Gasteiger partial charge in [-0.05, 0) is 23.6 Å². The molecule has 0 atom stereocenters. The molecule has 3 nitrogen and oxygen atoms in total. The summed E-state index contributed by atoms with van der Waals surface area (Å²) >= 11 is 0. The van der Waals surface area contributed by atoms with E-state index >= 15 is 0 Å². The largest absolute Gasteiger partial charge is 0.340 e. The number of nitrogens with zero attached hydrogens (tertiary/aromatic N) is 2. The van der Waals surface area contributed by atoms with Crippen molar-refractivity contribution in [2.45, 2.75) is 26.8 Å². The van der Waals surface area contributed by atoms with E-state index in [0.29, 0.717) is 12.3 Å². The van der Waals surface area contributed by atoms with E-state index in [4.69, 9.17) is 0 Å². The van der Waals surface area contributed by atoms with Crippen LogP contribution in [0.3, 0.4) is 0 Å². The Labute approximate surface area is 120 Å². The monoisotopic (exact) mass is 278 g/mol. The Balaban J connectivity index is 1.79. The summed E-state index contributed by atoms with van der Waals surface area (Å²) in [6.07, 6.45) is 0.637. The Morgan fingerprint density at radius 1 is 1.15 bits per heavy atom. The first-order chi connectivity index (χ1) is 9.54. The van der Waals surface area contributed by atoms with Crippen molar-refractivity contribution in [3.8, 4) is 0 Å². The third-order valence-electron chi connectivity index (χ3n) is 3.63. The number of hydrogen-bond donors (Lipinski definition) is 0. The highest BCUT2D eigenvalue weighted by Crippen LogP contribution is 2.11. The van der Waals surface area contributed by atoms with E-state index in [1.807, 2.05) is 17.0 Å². The van der Waals surface area contributed by atoms with Crippen LogP contribution in [0.5, 0.6) is 0 Å². The first-order valence-electron chi connectivity index (χ1n) is 7.29. The average molecular weight is 278 g/mol. The van der Waals surface area contributed by atoms with Crippen LogP contribution >= 0.6 is 0 Å². The van der Waals surface area contributed by atoms with Crippen molar-refractivity contribution < 1.29 is 9.18 Å². The lowest BCUT2D eigenvalue weighted by Gasteiger charge is -2.35. The summed E-state index contributed by atoms with van der Waals surface area (Å²) < 4.78 is 12.9. The molecule has 1 aromatic carbocycles. The van der Waals surface area contributed by atoms with Crippen molar-refractivity contribution >= 4 is 5.91 Å². The minimum atomic E-state index is -0.196. The second-order valence-electron chi connectivity index (χ2n) is 5.88. The van der Waals surface area contributed by atoms with Gasteiger partial charge in [0, 0.05) is 39.1 Å². The summed E-state index contributed by atoms with van der Waals surface area (Å²) in [7, 11) is 0. The maximum absolute atomic E-state index is 12.9. The van der Waals surface area contributed by atoms with E-state index < -0.39 is 0 Å². The normalized spacial score (nSPS) is 16.7. The molecule has 0 saturated carbocycles. The van der Waals surface area contributed by atoms with Crippen LogP contribution in [-0.4, -0.2) is 41.9 Å². The fraction of sp³-hybridized carbons (Fsp3) is 0.562. The molecule has 1 heterocycles. The molecule has 20 heavy (non-hydrogen) atoms. The molecule has 1 aliphatic heterocycles. The lowest BCUT2D eigenvalue weighted by atomic mass is 10.1. The number of benzene rings is 1. The van der Waals surface area contributed by atoms with E-state index in [9.17, 15) is 9.18 Å². The fourth-order valence-corrected chi connectivity index (χ4v) is 2.48. The number of carbonyl (C=O) groups is 1. The maximum Gasteiger partial charge on any atom is 0.222 e. The SMILES string of the molecule is CC(C)CC(=O)N1CCN(Cc2ccc(F)cc2)CC1. The summed E-state index contributed by atoms with van der Waals surface area (Å²) in [6.45, 7) is 8.35. The standard InChI is InChI=1S/C16H23FN2O/c1-13(2)11-16(20)19-9-7-18(8-10-19)12-14-3-5-15(17)6-4-14/h3-6,13H,7-12H2,1-2H3. The van der Waals surface area contributed by atoms with E-state index in [1.165, 1.54) is 12.1 Å². The Kier molecular flexibility index (Phi) is 5.12. The predicted molar refractivity (Wildman–Crippen MR) is 77.7 cm³/mol. The molecule has 0 N–H and O–H groups in total. The van der Waals surface area contributed by atoms with Crippen molar-refractivity contribution in [2.24, 2.45) is 5.92 Å². The zero-order valence-corrected chi connectivity index (χ0v) is 12.3. The van der Waals surface area contributed by atoms with Gasteiger partial charge in [-0.15, -0.1) is 0 Å². The van der Waals surface area contributed by atoms with Gasteiger partial charge in [-0.25, -0.2) is 4.39 Å². The quantitative estimate of drug-likeness (QED) is 0.845. The van der Waals surface area contributed by atoms with Crippen molar-refractivity contribution in [2.75, 3.05) is 26.2 Å². The second-order valence-corrected chi connectivity index (χ2v) is 5.88. The molecule has 0 aliphatic carbocycles. The van der Waals surface area contributed by atoms with Crippen LogP contribution in [-0.2, 0) is 11.3 Å². The van der Waals surface area contributed by atoms with E-state index in [1.54, 1.807) is 0 Å².